The Kier molecular flexibility index (Phi) is 4.36. The van der Waals surface area contributed by atoms with Crippen LogP contribution in [0.25, 0.3) is 0 Å². The number of nitrogens with one attached hydrogen (secondary N) is 1. The van der Waals surface area contributed by atoms with Crippen LogP contribution in [0.2, 0.25) is 0 Å². The lowest BCUT2D eigenvalue weighted by atomic mass is 10.1. The van der Waals surface area contributed by atoms with Crippen molar-refractivity contribution in [1.82, 2.24) is 0 Å². The molecule has 1 amide bonds. The molecule has 0 aliphatic carbocycles. The summed E-state index contributed by atoms with van der Waals surface area (Å²) in [5.41, 5.74) is -0.0648. The summed E-state index contributed by atoms with van der Waals surface area (Å²) in [4.78, 5) is 22.2. The lowest BCUT2D eigenvalue weighted by Crippen LogP contribution is -2.14. The summed E-state index contributed by atoms with van der Waals surface area (Å²) < 4.78 is 14.4. The van der Waals surface area contributed by atoms with Gasteiger partial charge in [-0.1, -0.05) is 0 Å². The average Bonchev–Trinajstić information content (AvgIpc) is 2.37. The van der Waals surface area contributed by atoms with E-state index in [2.05, 4.69) is 10.1 Å². The number of rotatable bonds is 4. The molecular formula is C11H13NO6. The Labute approximate surface area is 103 Å². The standard InChI is InChI=1S/C11H13NO6/c1-16-8-4-6(10(13)14)7(5-9(8)17-2)12-11(15)18-3/h4-5H,1-3H3,(H,12,15)(H,13,14). The number of carbonyl (C=O) groups is 2. The zero-order chi connectivity index (χ0) is 13.7. The number of anilines is 1. The summed E-state index contributed by atoms with van der Waals surface area (Å²) in [5, 5.41) is 11.3. The van der Waals surface area contributed by atoms with Gasteiger partial charge in [0.1, 0.15) is 0 Å². The van der Waals surface area contributed by atoms with Crippen LogP contribution in [0.4, 0.5) is 10.5 Å². The van der Waals surface area contributed by atoms with Crippen LogP contribution in [0.15, 0.2) is 12.1 Å². The fourth-order valence-corrected chi connectivity index (χ4v) is 1.32. The van der Waals surface area contributed by atoms with E-state index in [0.29, 0.717) is 5.75 Å². The largest absolute Gasteiger partial charge is 0.493 e. The maximum absolute atomic E-state index is 11.1. The Bertz CT molecular complexity index is 471. The van der Waals surface area contributed by atoms with Gasteiger partial charge in [0.2, 0.25) is 0 Å². The first-order chi connectivity index (χ1) is 8.53. The number of amides is 1. The van der Waals surface area contributed by atoms with Crippen LogP contribution < -0.4 is 14.8 Å². The SMILES string of the molecule is COC(=O)Nc1cc(OC)c(OC)cc1C(=O)O. The van der Waals surface area contributed by atoms with E-state index in [4.69, 9.17) is 14.6 Å². The highest BCUT2D eigenvalue weighted by Crippen LogP contribution is 2.33. The number of hydrogen-bond acceptors (Lipinski definition) is 5. The second-order valence-corrected chi connectivity index (χ2v) is 3.17. The third-order valence-corrected chi connectivity index (χ3v) is 2.18. The van der Waals surface area contributed by atoms with Gasteiger partial charge < -0.3 is 19.3 Å². The molecule has 18 heavy (non-hydrogen) atoms. The predicted octanol–water partition coefficient (Wildman–Crippen LogP) is 1.58. The van der Waals surface area contributed by atoms with Crippen molar-refractivity contribution in [3.63, 3.8) is 0 Å². The first-order valence-electron chi connectivity index (χ1n) is 4.87. The monoisotopic (exact) mass is 255 g/mol. The molecular weight excluding hydrogens is 242 g/mol. The Morgan fingerprint density at radius 2 is 1.67 bits per heavy atom. The van der Waals surface area contributed by atoms with E-state index in [1.807, 2.05) is 0 Å². The molecule has 7 heteroatoms. The zero-order valence-corrected chi connectivity index (χ0v) is 10.1. The van der Waals surface area contributed by atoms with Crippen LogP contribution in [-0.4, -0.2) is 38.5 Å². The van der Waals surface area contributed by atoms with Crippen LogP contribution >= 0.6 is 0 Å². The molecule has 0 saturated carbocycles. The van der Waals surface area contributed by atoms with Gasteiger partial charge in [0, 0.05) is 12.1 Å². The summed E-state index contributed by atoms with van der Waals surface area (Å²) in [7, 11) is 3.97. The molecule has 0 unspecified atom stereocenters. The second kappa shape index (κ2) is 5.76. The lowest BCUT2D eigenvalue weighted by molar-refractivity contribution is 0.0697. The smallest absolute Gasteiger partial charge is 0.411 e. The minimum Gasteiger partial charge on any atom is -0.493 e. The van der Waals surface area contributed by atoms with E-state index in [1.54, 1.807) is 0 Å². The van der Waals surface area contributed by atoms with Crippen molar-refractivity contribution in [3.05, 3.63) is 17.7 Å². The van der Waals surface area contributed by atoms with E-state index < -0.39 is 12.1 Å². The summed E-state index contributed by atoms with van der Waals surface area (Å²) in [6.07, 6.45) is -0.773. The number of carbonyl (C=O) groups excluding carboxylic acids is 1. The summed E-state index contributed by atoms with van der Waals surface area (Å²) in [6.45, 7) is 0. The number of ether oxygens (including phenoxy) is 3. The number of hydrogen-bond donors (Lipinski definition) is 2. The molecule has 0 aliphatic heterocycles. The molecule has 0 spiro atoms. The van der Waals surface area contributed by atoms with Crippen molar-refractivity contribution in [1.29, 1.82) is 0 Å². The first kappa shape index (κ1) is 13.6. The average molecular weight is 255 g/mol. The van der Waals surface area contributed by atoms with Crippen molar-refractivity contribution < 1.29 is 28.9 Å². The molecule has 0 aromatic heterocycles. The van der Waals surface area contributed by atoms with Crippen LogP contribution in [0.3, 0.4) is 0 Å². The molecule has 0 fully saturated rings. The second-order valence-electron chi connectivity index (χ2n) is 3.17. The highest BCUT2D eigenvalue weighted by molar-refractivity contribution is 5.99. The van der Waals surface area contributed by atoms with E-state index >= 15 is 0 Å². The van der Waals surface area contributed by atoms with Crippen molar-refractivity contribution in [3.8, 4) is 11.5 Å². The minimum absolute atomic E-state index is 0.0620. The van der Waals surface area contributed by atoms with Gasteiger partial charge in [-0.05, 0) is 0 Å². The van der Waals surface area contributed by atoms with Gasteiger partial charge in [0.15, 0.2) is 11.5 Å². The molecule has 0 atom stereocenters. The quantitative estimate of drug-likeness (QED) is 0.848. The molecule has 2 N–H and O–H groups in total. The summed E-state index contributed by atoms with van der Waals surface area (Å²) >= 11 is 0. The van der Waals surface area contributed by atoms with Gasteiger partial charge in [-0.25, -0.2) is 9.59 Å². The number of benzene rings is 1. The van der Waals surface area contributed by atoms with Crippen LogP contribution in [0, 0.1) is 0 Å². The Morgan fingerprint density at radius 3 is 2.11 bits per heavy atom. The summed E-state index contributed by atoms with van der Waals surface area (Å²) in [5.74, 6) is -0.651. The van der Waals surface area contributed by atoms with E-state index in [0.717, 1.165) is 0 Å². The van der Waals surface area contributed by atoms with Crippen molar-refractivity contribution in [2.75, 3.05) is 26.6 Å². The highest BCUT2D eigenvalue weighted by Gasteiger charge is 2.17. The number of carboxylic acids is 1. The number of carboxylic acid groups (broad SMARTS) is 1. The van der Waals surface area contributed by atoms with Gasteiger partial charge in [0.05, 0.1) is 32.6 Å². The maximum Gasteiger partial charge on any atom is 0.411 e. The van der Waals surface area contributed by atoms with E-state index in [-0.39, 0.29) is 17.0 Å². The number of methoxy groups -OCH3 is 3. The maximum atomic E-state index is 11.1. The predicted molar refractivity (Wildman–Crippen MR) is 62.5 cm³/mol. The molecule has 1 aromatic rings. The van der Waals surface area contributed by atoms with Crippen LogP contribution in [0.1, 0.15) is 10.4 Å². The molecule has 0 heterocycles. The third-order valence-electron chi connectivity index (χ3n) is 2.18. The fourth-order valence-electron chi connectivity index (χ4n) is 1.32. The Morgan fingerprint density at radius 1 is 1.11 bits per heavy atom. The molecule has 0 aliphatic rings. The van der Waals surface area contributed by atoms with Crippen molar-refractivity contribution in [2.24, 2.45) is 0 Å². The zero-order valence-electron chi connectivity index (χ0n) is 10.1. The Hall–Kier alpha value is -2.44. The van der Waals surface area contributed by atoms with Crippen LogP contribution in [0.5, 0.6) is 11.5 Å². The normalized spacial score (nSPS) is 9.50. The van der Waals surface area contributed by atoms with Gasteiger partial charge in [-0.3, -0.25) is 5.32 Å². The fraction of sp³-hybridized carbons (Fsp3) is 0.273. The van der Waals surface area contributed by atoms with Crippen LogP contribution in [-0.2, 0) is 4.74 Å². The molecule has 0 bridgehead atoms. The van der Waals surface area contributed by atoms with Gasteiger partial charge in [0.25, 0.3) is 0 Å². The topological polar surface area (TPSA) is 94.1 Å². The molecule has 1 rings (SSSR count). The highest BCUT2D eigenvalue weighted by atomic mass is 16.5. The molecule has 0 radical (unpaired) electrons. The van der Waals surface area contributed by atoms with Crippen molar-refractivity contribution >= 4 is 17.7 Å². The third kappa shape index (κ3) is 2.82. The molecule has 7 nitrogen and oxygen atoms in total. The minimum atomic E-state index is -1.21. The molecule has 1 aromatic carbocycles. The van der Waals surface area contributed by atoms with Gasteiger partial charge >= 0.3 is 12.1 Å². The van der Waals surface area contributed by atoms with Gasteiger partial charge in [-0.2, -0.15) is 0 Å². The van der Waals surface area contributed by atoms with Crippen molar-refractivity contribution in [2.45, 2.75) is 0 Å². The molecule has 98 valence electrons. The van der Waals surface area contributed by atoms with E-state index in [1.165, 1.54) is 33.5 Å². The molecule has 0 saturated heterocycles. The van der Waals surface area contributed by atoms with E-state index in [9.17, 15) is 9.59 Å². The first-order valence-corrected chi connectivity index (χ1v) is 4.87. The lowest BCUT2D eigenvalue weighted by Gasteiger charge is -2.13. The Balaban J connectivity index is 3.28. The van der Waals surface area contributed by atoms with Gasteiger partial charge in [-0.15, -0.1) is 0 Å². The summed E-state index contributed by atoms with van der Waals surface area (Å²) in [6, 6.07) is 2.60. The number of aromatic carboxylic acids is 1.